The second-order valence-corrected chi connectivity index (χ2v) is 13.0. The number of fused-ring (bicyclic) bond motifs is 1. The van der Waals surface area contributed by atoms with Gasteiger partial charge in [-0.3, -0.25) is 9.79 Å². The standard InChI is InChI=1S/C32H30Cl2N2O2/c1-31(2)13-22(29-25(37)15-32(3,4)16-26(29)38)28-24(14-31)36-30(18-8-10-20(33)11-9-18)23(17-35)27(28)19-6-5-7-21(34)12-19/h5-12,27,37H,13-16H2,1-4H3. The number of nitriles is 1. The molecule has 6 heteroatoms. The molecular weight excluding hydrogens is 515 g/mol. The van der Waals surface area contributed by atoms with Crippen LogP contribution in [-0.2, 0) is 4.79 Å². The molecule has 1 heterocycles. The van der Waals surface area contributed by atoms with Crippen LogP contribution in [0.4, 0.5) is 0 Å². The monoisotopic (exact) mass is 544 g/mol. The minimum atomic E-state index is -0.481. The van der Waals surface area contributed by atoms with E-state index in [1.54, 1.807) is 18.2 Å². The first-order valence-corrected chi connectivity index (χ1v) is 13.6. The number of aliphatic imine (C=N–C) groups is 1. The minimum Gasteiger partial charge on any atom is -0.512 e. The Morgan fingerprint density at radius 1 is 0.947 bits per heavy atom. The highest BCUT2D eigenvalue weighted by atomic mass is 35.5. The van der Waals surface area contributed by atoms with Crippen LogP contribution in [0.5, 0.6) is 0 Å². The van der Waals surface area contributed by atoms with Crippen molar-refractivity contribution in [2.75, 3.05) is 0 Å². The molecule has 2 aromatic rings. The first-order valence-electron chi connectivity index (χ1n) is 12.8. The first kappa shape index (κ1) is 26.5. The molecule has 0 amide bonds. The topological polar surface area (TPSA) is 73.5 Å². The molecule has 0 saturated heterocycles. The van der Waals surface area contributed by atoms with E-state index < -0.39 is 5.92 Å². The number of rotatable bonds is 3. The summed E-state index contributed by atoms with van der Waals surface area (Å²) < 4.78 is 0. The molecule has 0 saturated carbocycles. The number of aliphatic hydroxyl groups is 1. The molecule has 1 aliphatic heterocycles. The van der Waals surface area contributed by atoms with Crippen molar-refractivity contribution in [2.24, 2.45) is 15.8 Å². The summed E-state index contributed by atoms with van der Waals surface area (Å²) in [4.78, 5) is 18.7. The summed E-state index contributed by atoms with van der Waals surface area (Å²) in [5.74, 6) is -0.415. The van der Waals surface area contributed by atoms with Gasteiger partial charge in [0.05, 0.1) is 22.9 Å². The van der Waals surface area contributed by atoms with Gasteiger partial charge in [-0.1, -0.05) is 75.2 Å². The Kier molecular flexibility index (Phi) is 6.66. The van der Waals surface area contributed by atoms with Gasteiger partial charge < -0.3 is 5.11 Å². The van der Waals surface area contributed by atoms with E-state index in [2.05, 4.69) is 19.9 Å². The van der Waals surface area contributed by atoms with Crippen molar-refractivity contribution < 1.29 is 9.90 Å². The van der Waals surface area contributed by atoms with Gasteiger partial charge in [-0.2, -0.15) is 5.26 Å². The van der Waals surface area contributed by atoms with E-state index in [4.69, 9.17) is 28.2 Å². The number of carbonyl (C=O) groups excluding carboxylic acids is 1. The number of benzene rings is 2. The summed E-state index contributed by atoms with van der Waals surface area (Å²) in [5.41, 5.74) is 5.09. The molecule has 38 heavy (non-hydrogen) atoms. The Morgan fingerprint density at radius 3 is 2.26 bits per heavy atom. The zero-order valence-corrected chi connectivity index (χ0v) is 23.5. The van der Waals surface area contributed by atoms with Gasteiger partial charge in [-0.15, -0.1) is 0 Å². The van der Waals surface area contributed by atoms with Crippen LogP contribution in [0.1, 0.15) is 70.4 Å². The van der Waals surface area contributed by atoms with E-state index in [1.807, 2.05) is 44.2 Å². The second kappa shape index (κ2) is 9.56. The molecule has 0 aromatic heterocycles. The fraction of sp³-hybridized carbons (Fsp3) is 0.344. The molecule has 4 nitrogen and oxygen atoms in total. The number of hydrogen-bond acceptors (Lipinski definition) is 4. The predicted octanol–water partition coefficient (Wildman–Crippen LogP) is 8.78. The SMILES string of the molecule is CC1(C)CC(=O)C(C2=C3C(=NC(c4ccc(Cl)cc4)=C(C#N)C3c3cccc(Cl)c3)CC(C)(C)C2)=C(O)C1. The van der Waals surface area contributed by atoms with Gasteiger partial charge in [-0.05, 0) is 64.6 Å². The summed E-state index contributed by atoms with van der Waals surface area (Å²) in [6.45, 7) is 8.30. The molecule has 2 aliphatic carbocycles. The van der Waals surface area contributed by atoms with Gasteiger partial charge in [0, 0.05) is 40.1 Å². The Balaban J connectivity index is 1.85. The lowest BCUT2D eigenvalue weighted by Gasteiger charge is -2.41. The zero-order valence-electron chi connectivity index (χ0n) is 22.0. The lowest BCUT2D eigenvalue weighted by Crippen LogP contribution is -2.35. The Hall–Kier alpha value is -3.13. The van der Waals surface area contributed by atoms with Crippen molar-refractivity contribution in [1.82, 2.24) is 0 Å². The lowest BCUT2D eigenvalue weighted by molar-refractivity contribution is -0.118. The average molecular weight is 546 g/mol. The fourth-order valence-electron chi connectivity index (χ4n) is 6.09. The van der Waals surface area contributed by atoms with E-state index in [0.717, 1.165) is 28.0 Å². The lowest BCUT2D eigenvalue weighted by atomic mass is 9.63. The van der Waals surface area contributed by atoms with Crippen LogP contribution in [0, 0.1) is 22.2 Å². The summed E-state index contributed by atoms with van der Waals surface area (Å²) in [7, 11) is 0. The molecule has 2 aromatic carbocycles. The highest BCUT2D eigenvalue weighted by Crippen LogP contribution is 2.52. The second-order valence-electron chi connectivity index (χ2n) is 12.1. The summed E-state index contributed by atoms with van der Waals surface area (Å²) >= 11 is 12.6. The molecule has 5 rings (SSSR count). The largest absolute Gasteiger partial charge is 0.512 e. The van der Waals surface area contributed by atoms with Crippen LogP contribution >= 0.6 is 23.2 Å². The number of nitrogens with zero attached hydrogens (tertiary/aromatic N) is 2. The molecule has 1 atom stereocenters. The quantitative estimate of drug-likeness (QED) is 0.419. The van der Waals surface area contributed by atoms with Crippen molar-refractivity contribution in [3.8, 4) is 6.07 Å². The molecular formula is C32H30Cl2N2O2. The number of Topliss-reactive ketones (excluding diaryl/α,β-unsaturated/α-hetero) is 1. The van der Waals surface area contributed by atoms with Crippen LogP contribution in [0.3, 0.4) is 0 Å². The maximum absolute atomic E-state index is 13.6. The van der Waals surface area contributed by atoms with Crippen molar-refractivity contribution >= 4 is 40.4 Å². The van der Waals surface area contributed by atoms with Gasteiger partial charge in [0.1, 0.15) is 5.76 Å². The highest BCUT2D eigenvalue weighted by Gasteiger charge is 2.44. The highest BCUT2D eigenvalue weighted by molar-refractivity contribution is 6.31. The predicted molar refractivity (Wildman–Crippen MR) is 153 cm³/mol. The first-order chi connectivity index (χ1) is 17.9. The molecule has 0 fully saturated rings. The number of carbonyl (C=O) groups is 1. The van der Waals surface area contributed by atoms with Crippen LogP contribution in [0.2, 0.25) is 10.0 Å². The van der Waals surface area contributed by atoms with E-state index in [-0.39, 0.29) is 22.4 Å². The summed E-state index contributed by atoms with van der Waals surface area (Å²) in [6, 6.07) is 17.3. The van der Waals surface area contributed by atoms with E-state index >= 15 is 0 Å². The van der Waals surface area contributed by atoms with Crippen LogP contribution < -0.4 is 0 Å². The molecule has 1 N–H and O–H groups in total. The molecule has 3 aliphatic rings. The molecule has 0 bridgehead atoms. The molecule has 194 valence electrons. The number of allylic oxidation sites excluding steroid dienone is 5. The molecule has 1 unspecified atom stereocenters. The zero-order chi connectivity index (χ0) is 27.4. The Bertz CT molecular complexity index is 1520. The molecule has 0 spiro atoms. The summed E-state index contributed by atoms with van der Waals surface area (Å²) in [5, 5.41) is 23.0. The number of halogens is 2. The number of hydrogen-bond donors (Lipinski definition) is 1. The van der Waals surface area contributed by atoms with E-state index in [9.17, 15) is 15.2 Å². The third kappa shape index (κ3) is 4.86. The minimum absolute atomic E-state index is 0.0610. The normalized spacial score (nSPS) is 22.7. The van der Waals surface area contributed by atoms with Gasteiger partial charge >= 0.3 is 0 Å². The number of aliphatic hydroxyl groups excluding tert-OH is 1. The third-order valence-electron chi connectivity index (χ3n) is 7.59. The smallest absolute Gasteiger partial charge is 0.167 e. The van der Waals surface area contributed by atoms with Crippen LogP contribution in [-0.4, -0.2) is 16.6 Å². The Labute approximate surface area is 234 Å². The maximum atomic E-state index is 13.6. The van der Waals surface area contributed by atoms with Gasteiger partial charge in [0.15, 0.2) is 5.78 Å². The van der Waals surface area contributed by atoms with Gasteiger partial charge in [-0.25, -0.2) is 0 Å². The maximum Gasteiger partial charge on any atom is 0.167 e. The van der Waals surface area contributed by atoms with Gasteiger partial charge in [0.2, 0.25) is 0 Å². The Morgan fingerprint density at radius 2 is 1.63 bits per heavy atom. The third-order valence-corrected chi connectivity index (χ3v) is 8.08. The summed E-state index contributed by atoms with van der Waals surface area (Å²) in [6.07, 6.45) is 2.05. The number of ketones is 1. The van der Waals surface area contributed by atoms with Crippen molar-refractivity contribution in [1.29, 1.82) is 5.26 Å². The van der Waals surface area contributed by atoms with E-state index in [1.165, 1.54) is 0 Å². The average Bonchev–Trinajstić information content (AvgIpc) is 2.81. The van der Waals surface area contributed by atoms with Gasteiger partial charge in [0.25, 0.3) is 0 Å². The fourth-order valence-corrected chi connectivity index (χ4v) is 6.42. The molecule has 0 radical (unpaired) electrons. The van der Waals surface area contributed by atoms with Crippen LogP contribution in [0.15, 0.2) is 81.6 Å². The van der Waals surface area contributed by atoms with Crippen molar-refractivity contribution in [3.63, 3.8) is 0 Å². The van der Waals surface area contributed by atoms with E-state index in [0.29, 0.717) is 52.6 Å². The van der Waals surface area contributed by atoms with Crippen LogP contribution in [0.25, 0.3) is 5.70 Å². The van der Waals surface area contributed by atoms with Crippen molar-refractivity contribution in [2.45, 2.75) is 59.3 Å². The van der Waals surface area contributed by atoms with Crippen molar-refractivity contribution in [3.05, 3.63) is 97.8 Å².